The molecular weight excluding hydrogens is 330 g/mol. The topological polar surface area (TPSA) is 57.6 Å². The number of hydrogen-bond donors (Lipinski definition) is 1. The minimum atomic E-state index is -3.34. The van der Waals surface area contributed by atoms with Crippen molar-refractivity contribution in [3.05, 3.63) is 34.3 Å². The summed E-state index contributed by atoms with van der Waals surface area (Å²) < 4.78 is 27.0. The molecule has 1 aliphatic rings. The lowest BCUT2D eigenvalue weighted by Gasteiger charge is -2.22. The predicted molar refractivity (Wildman–Crippen MR) is 78.5 cm³/mol. The van der Waals surface area contributed by atoms with Gasteiger partial charge in [0.25, 0.3) is 0 Å². The van der Waals surface area contributed by atoms with E-state index in [1.54, 1.807) is 6.92 Å². The van der Waals surface area contributed by atoms with Gasteiger partial charge in [-0.15, -0.1) is 0 Å². The largest absolute Gasteiger partial charge is 0.395 e. The van der Waals surface area contributed by atoms with Crippen LogP contribution in [0, 0.1) is 0 Å². The fraction of sp³-hybridized carbons (Fsp3) is 0.538. The van der Waals surface area contributed by atoms with Crippen molar-refractivity contribution in [2.75, 3.05) is 13.7 Å². The van der Waals surface area contributed by atoms with Gasteiger partial charge in [-0.1, -0.05) is 34.1 Å². The fourth-order valence-corrected chi connectivity index (χ4v) is 4.77. The molecule has 19 heavy (non-hydrogen) atoms. The molecule has 2 rings (SSSR count). The van der Waals surface area contributed by atoms with Gasteiger partial charge in [-0.25, -0.2) is 8.42 Å². The van der Waals surface area contributed by atoms with Gasteiger partial charge in [0.15, 0.2) is 0 Å². The Kier molecular flexibility index (Phi) is 4.35. The Hall–Kier alpha value is -0.430. The second-order valence-electron chi connectivity index (χ2n) is 4.99. The van der Waals surface area contributed by atoms with E-state index in [1.807, 2.05) is 24.3 Å². The summed E-state index contributed by atoms with van der Waals surface area (Å²) in [5.74, 6) is 0.0499. The van der Waals surface area contributed by atoms with E-state index < -0.39 is 10.0 Å². The predicted octanol–water partition coefficient (Wildman–Crippen LogP) is 1.95. The summed E-state index contributed by atoms with van der Waals surface area (Å²) in [6.07, 6.45) is 0.646. The van der Waals surface area contributed by atoms with Crippen LogP contribution in [0.3, 0.4) is 0 Å². The Morgan fingerprint density at radius 3 is 2.68 bits per heavy atom. The molecule has 4 nitrogen and oxygen atoms in total. The Balaban J connectivity index is 2.17. The van der Waals surface area contributed by atoms with E-state index in [0.717, 1.165) is 10.0 Å². The Bertz CT molecular complexity index is 561. The van der Waals surface area contributed by atoms with E-state index in [4.69, 9.17) is 5.11 Å². The summed E-state index contributed by atoms with van der Waals surface area (Å²) in [7, 11) is -1.81. The van der Waals surface area contributed by atoms with Crippen molar-refractivity contribution in [2.24, 2.45) is 0 Å². The van der Waals surface area contributed by atoms with E-state index >= 15 is 0 Å². The van der Waals surface area contributed by atoms with Gasteiger partial charge in [-0.2, -0.15) is 4.31 Å². The summed E-state index contributed by atoms with van der Waals surface area (Å²) in [6.45, 7) is 1.54. The molecule has 1 aromatic rings. The smallest absolute Gasteiger partial charge is 0.217 e. The van der Waals surface area contributed by atoms with Crippen LogP contribution in [-0.4, -0.2) is 42.8 Å². The van der Waals surface area contributed by atoms with Crippen molar-refractivity contribution in [1.82, 2.24) is 4.31 Å². The zero-order chi connectivity index (χ0) is 14.2. The molecule has 1 saturated carbocycles. The lowest BCUT2D eigenvalue weighted by atomic mass is 10.1. The third-order valence-electron chi connectivity index (χ3n) is 3.71. The van der Waals surface area contributed by atoms with E-state index in [2.05, 4.69) is 15.9 Å². The molecule has 0 aliphatic heterocycles. The van der Waals surface area contributed by atoms with Gasteiger partial charge in [0, 0.05) is 23.5 Å². The lowest BCUT2D eigenvalue weighted by Crippen LogP contribution is -2.39. The summed E-state index contributed by atoms with van der Waals surface area (Å²) in [6, 6.07) is 7.34. The minimum Gasteiger partial charge on any atom is -0.395 e. The average Bonchev–Trinajstić information content (AvgIpc) is 3.18. The minimum absolute atomic E-state index is 0.0499. The summed E-state index contributed by atoms with van der Waals surface area (Å²) in [5.41, 5.74) is 1.04. The van der Waals surface area contributed by atoms with Crippen LogP contribution in [0.15, 0.2) is 28.7 Å². The van der Waals surface area contributed by atoms with Crippen molar-refractivity contribution in [3.8, 4) is 0 Å². The van der Waals surface area contributed by atoms with Crippen molar-refractivity contribution in [2.45, 2.75) is 30.6 Å². The highest BCUT2D eigenvalue weighted by molar-refractivity contribution is 9.10. The molecule has 0 heterocycles. The number of aliphatic hydroxyl groups is 1. The first kappa shape index (κ1) is 15.0. The van der Waals surface area contributed by atoms with E-state index in [-0.39, 0.29) is 23.8 Å². The van der Waals surface area contributed by atoms with Gasteiger partial charge in [0.2, 0.25) is 10.0 Å². The van der Waals surface area contributed by atoms with Crippen LogP contribution in [-0.2, 0) is 10.0 Å². The van der Waals surface area contributed by atoms with Crippen LogP contribution < -0.4 is 0 Å². The third-order valence-corrected chi connectivity index (χ3v) is 6.88. The number of aliphatic hydroxyl groups excluding tert-OH is 1. The Morgan fingerprint density at radius 2 is 2.11 bits per heavy atom. The molecule has 0 aromatic heterocycles. The van der Waals surface area contributed by atoms with Crippen LogP contribution in [0.2, 0.25) is 0 Å². The number of likely N-dealkylation sites (N-methyl/N-ethyl adjacent to an activating group) is 1. The highest BCUT2D eigenvalue weighted by Crippen LogP contribution is 2.49. The van der Waals surface area contributed by atoms with Crippen LogP contribution in [0.4, 0.5) is 0 Å². The van der Waals surface area contributed by atoms with Gasteiger partial charge in [-0.05, 0) is 25.0 Å². The van der Waals surface area contributed by atoms with Crippen LogP contribution in [0.25, 0.3) is 0 Å². The quantitative estimate of drug-likeness (QED) is 0.885. The number of benzene rings is 1. The Morgan fingerprint density at radius 1 is 1.47 bits per heavy atom. The zero-order valence-electron chi connectivity index (χ0n) is 11.0. The lowest BCUT2D eigenvalue weighted by molar-refractivity contribution is 0.213. The van der Waals surface area contributed by atoms with Crippen LogP contribution >= 0.6 is 15.9 Å². The van der Waals surface area contributed by atoms with Gasteiger partial charge in [-0.3, -0.25) is 0 Å². The van der Waals surface area contributed by atoms with Gasteiger partial charge >= 0.3 is 0 Å². The molecule has 106 valence electrons. The summed E-state index contributed by atoms with van der Waals surface area (Å²) in [4.78, 5) is 0. The molecule has 6 heteroatoms. The summed E-state index contributed by atoms with van der Waals surface area (Å²) in [5, 5.41) is 8.71. The number of rotatable bonds is 5. The van der Waals surface area contributed by atoms with E-state index in [9.17, 15) is 8.42 Å². The van der Waals surface area contributed by atoms with Crippen LogP contribution in [0.5, 0.6) is 0 Å². The van der Waals surface area contributed by atoms with Gasteiger partial charge in [0.1, 0.15) is 0 Å². The molecule has 1 aromatic carbocycles. The maximum Gasteiger partial charge on any atom is 0.217 e. The third kappa shape index (κ3) is 2.86. The molecule has 1 aliphatic carbocycles. The molecule has 3 atom stereocenters. The fourth-order valence-electron chi connectivity index (χ4n) is 2.18. The van der Waals surface area contributed by atoms with E-state index in [0.29, 0.717) is 6.42 Å². The second kappa shape index (κ2) is 5.52. The van der Waals surface area contributed by atoms with Crippen molar-refractivity contribution < 1.29 is 13.5 Å². The number of nitrogens with zero attached hydrogens (tertiary/aromatic N) is 1. The molecule has 1 fully saturated rings. The monoisotopic (exact) mass is 347 g/mol. The molecule has 0 bridgehead atoms. The molecule has 0 radical (unpaired) electrons. The first-order chi connectivity index (χ1) is 8.89. The van der Waals surface area contributed by atoms with Crippen molar-refractivity contribution >= 4 is 26.0 Å². The molecule has 2 unspecified atom stereocenters. The standard InChI is InChI=1S/C13H18BrNO3S/c1-9(8-16)15(2)19(17,18)13-7-11(13)10-5-3-4-6-12(10)14/h3-6,9,11,13,16H,7-8H2,1-2H3/t9-,11?,13?/m1/s1. The maximum absolute atomic E-state index is 12.4. The highest BCUT2D eigenvalue weighted by Gasteiger charge is 2.50. The number of sulfonamides is 1. The van der Waals surface area contributed by atoms with Crippen molar-refractivity contribution in [3.63, 3.8) is 0 Å². The number of halogens is 1. The maximum atomic E-state index is 12.4. The van der Waals surface area contributed by atoms with Gasteiger partial charge < -0.3 is 5.11 Å². The average molecular weight is 348 g/mol. The van der Waals surface area contributed by atoms with Crippen molar-refractivity contribution in [1.29, 1.82) is 0 Å². The Labute approximate surface area is 122 Å². The first-order valence-electron chi connectivity index (χ1n) is 6.21. The SMILES string of the molecule is C[C@H](CO)N(C)S(=O)(=O)C1CC1c1ccccc1Br. The van der Waals surface area contributed by atoms with Crippen LogP contribution in [0.1, 0.15) is 24.8 Å². The second-order valence-corrected chi connectivity index (χ2v) is 8.06. The zero-order valence-corrected chi connectivity index (χ0v) is 13.4. The molecule has 0 spiro atoms. The molecule has 1 N–H and O–H groups in total. The summed E-state index contributed by atoms with van der Waals surface area (Å²) >= 11 is 3.46. The van der Waals surface area contributed by atoms with E-state index in [1.165, 1.54) is 11.4 Å². The van der Waals surface area contributed by atoms with Gasteiger partial charge in [0.05, 0.1) is 11.9 Å². The first-order valence-corrected chi connectivity index (χ1v) is 8.51. The number of hydrogen-bond acceptors (Lipinski definition) is 3. The molecule has 0 saturated heterocycles. The molecule has 0 amide bonds. The molecular formula is C13H18BrNO3S. The normalized spacial score (nSPS) is 24.5. The highest BCUT2D eigenvalue weighted by atomic mass is 79.9.